The summed E-state index contributed by atoms with van der Waals surface area (Å²) in [4.78, 5) is 2.63. The fourth-order valence-corrected chi connectivity index (χ4v) is 3.14. The van der Waals surface area contributed by atoms with Crippen LogP contribution < -0.4 is 0 Å². The highest BCUT2D eigenvalue weighted by molar-refractivity contribution is 5.37. The van der Waals surface area contributed by atoms with Gasteiger partial charge in [0.05, 0.1) is 0 Å². The summed E-state index contributed by atoms with van der Waals surface area (Å²) in [5.41, 5.74) is 2.80. The third kappa shape index (κ3) is 1.82. The zero-order valence-electron chi connectivity index (χ0n) is 9.65. The van der Waals surface area contributed by atoms with Gasteiger partial charge in [-0.15, -0.1) is 0 Å². The fourth-order valence-electron chi connectivity index (χ4n) is 3.14. The normalized spacial score (nSPS) is 25.6. The minimum absolute atomic E-state index is 0.417. The molecule has 1 aromatic carbocycles. The minimum Gasteiger partial charge on any atom is -0.508 e. The van der Waals surface area contributed by atoms with Gasteiger partial charge in [0.2, 0.25) is 0 Å². The lowest BCUT2D eigenvalue weighted by Crippen LogP contribution is -2.37. The topological polar surface area (TPSA) is 23.5 Å². The molecular weight excluding hydrogens is 198 g/mol. The van der Waals surface area contributed by atoms with Crippen LogP contribution in [0.4, 0.5) is 0 Å². The van der Waals surface area contributed by atoms with Crippen molar-refractivity contribution < 1.29 is 5.11 Å². The summed E-state index contributed by atoms with van der Waals surface area (Å²) in [6.45, 7) is 2.55. The van der Waals surface area contributed by atoms with Gasteiger partial charge in [-0.1, -0.05) is 6.07 Å². The highest BCUT2D eigenvalue weighted by Gasteiger charge is 2.26. The van der Waals surface area contributed by atoms with Crippen LogP contribution in [0, 0.1) is 0 Å². The second kappa shape index (κ2) is 4.10. The number of nitrogens with zero attached hydrogens (tertiary/aromatic N) is 1. The third-order valence-corrected chi connectivity index (χ3v) is 4.05. The van der Waals surface area contributed by atoms with E-state index in [9.17, 15) is 5.11 Å². The molecule has 0 aromatic heterocycles. The van der Waals surface area contributed by atoms with E-state index in [-0.39, 0.29) is 0 Å². The lowest BCUT2D eigenvalue weighted by Gasteiger charge is -2.32. The van der Waals surface area contributed by atoms with Crippen molar-refractivity contribution in [1.29, 1.82) is 0 Å². The molecule has 1 unspecified atom stereocenters. The van der Waals surface area contributed by atoms with Gasteiger partial charge in [0.25, 0.3) is 0 Å². The number of phenols is 1. The SMILES string of the molecule is Oc1ccc2c(c1)CC(N1CCCC1)CC2. The maximum absolute atomic E-state index is 9.53. The Morgan fingerprint density at radius 3 is 2.75 bits per heavy atom. The van der Waals surface area contributed by atoms with E-state index in [1.165, 1.54) is 49.9 Å². The Morgan fingerprint density at radius 1 is 1.12 bits per heavy atom. The maximum atomic E-state index is 9.53. The van der Waals surface area contributed by atoms with E-state index in [0.717, 1.165) is 12.5 Å². The molecule has 0 spiro atoms. The Labute approximate surface area is 96.9 Å². The third-order valence-electron chi connectivity index (χ3n) is 4.05. The smallest absolute Gasteiger partial charge is 0.115 e. The van der Waals surface area contributed by atoms with Crippen molar-refractivity contribution in [3.8, 4) is 5.75 Å². The Morgan fingerprint density at radius 2 is 1.94 bits per heavy atom. The molecule has 2 aliphatic rings. The monoisotopic (exact) mass is 217 g/mol. The quantitative estimate of drug-likeness (QED) is 0.780. The van der Waals surface area contributed by atoms with Gasteiger partial charge in [-0.2, -0.15) is 0 Å². The van der Waals surface area contributed by atoms with Crippen molar-refractivity contribution in [2.75, 3.05) is 13.1 Å². The van der Waals surface area contributed by atoms with Gasteiger partial charge in [-0.25, -0.2) is 0 Å². The molecule has 0 radical (unpaired) electrons. The zero-order valence-corrected chi connectivity index (χ0v) is 9.65. The molecule has 1 saturated heterocycles. The number of hydrogen-bond donors (Lipinski definition) is 1. The van der Waals surface area contributed by atoms with E-state index in [4.69, 9.17) is 0 Å². The molecule has 2 nitrogen and oxygen atoms in total. The average Bonchev–Trinajstić information content (AvgIpc) is 2.81. The number of aromatic hydroxyl groups is 1. The number of benzene rings is 1. The van der Waals surface area contributed by atoms with E-state index in [2.05, 4.69) is 11.0 Å². The van der Waals surface area contributed by atoms with Gasteiger partial charge < -0.3 is 10.0 Å². The predicted molar refractivity (Wildman–Crippen MR) is 64.7 cm³/mol. The molecule has 1 aromatic rings. The molecular formula is C14H19NO. The van der Waals surface area contributed by atoms with Gasteiger partial charge in [-0.05, 0) is 68.5 Å². The molecule has 86 valence electrons. The van der Waals surface area contributed by atoms with Crippen LogP contribution in [0.2, 0.25) is 0 Å². The Kier molecular flexibility index (Phi) is 2.60. The lowest BCUT2D eigenvalue weighted by molar-refractivity contribution is 0.222. The van der Waals surface area contributed by atoms with E-state index in [1.54, 1.807) is 0 Å². The zero-order chi connectivity index (χ0) is 11.0. The summed E-state index contributed by atoms with van der Waals surface area (Å²) < 4.78 is 0. The molecule has 0 saturated carbocycles. The Hall–Kier alpha value is -1.02. The largest absolute Gasteiger partial charge is 0.508 e. The van der Waals surface area contributed by atoms with Crippen LogP contribution in [0.1, 0.15) is 30.4 Å². The van der Waals surface area contributed by atoms with Crippen LogP contribution >= 0.6 is 0 Å². The highest BCUT2D eigenvalue weighted by atomic mass is 16.3. The first-order chi connectivity index (χ1) is 7.83. The van der Waals surface area contributed by atoms with Crippen LogP contribution in [0.15, 0.2) is 18.2 Å². The lowest BCUT2D eigenvalue weighted by atomic mass is 9.87. The van der Waals surface area contributed by atoms with Crippen LogP contribution in [0.3, 0.4) is 0 Å². The summed E-state index contributed by atoms with van der Waals surface area (Å²) in [5, 5.41) is 9.53. The molecule has 0 bridgehead atoms. The van der Waals surface area contributed by atoms with Crippen LogP contribution in [-0.4, -0.2) is 29.1 Å². The second-order valence-electron chi connectivity index (χ2n) is 5.09. The first-order valence-electron chi connectivity index (χ1n) is 6.38. The fraction of sp³-hybridized carbons (Fsp3) is 0.571. The molecule has 0 amide bonds. The van der Waals surface area contributed by atoms with Crippen molar-refractivity contribution in [3.63, 3.8) is 0 Å². The van der Waals surface area contributed by atoms with E-state index >= 15 is 0 Å². The van der Waals surface area contributed by atoms with Crippen molar-refractivity contribution in [2.24, 2.45) is 0 Å². The summed E-state index contributed by atoms with van der Waals surface area (Å²) in [6.07, 6.45) is 6.32. The number of likely N-dealkylation sites (tertiary alicyclic amines) is 1. The molecule has 1 heterocycles. The number of fused-ring (bicyclic) bond motifs is 1. The maximum Gasteiger partial charge on any atom is 0.115 e. The highest BCUT2D eigenvalue weighted by Crippen LogP contribution is 2.28. The number of phenolic OH excluding ortho intramolecular Hbond substituents is 1. The summed E-state index contributed by atoms with van der Waals surface area (Å²) >= 11 is 0. The Bertz CT molecular complexity index is 382. The van der Waals surface area contributed by atoms with Gasteiger partial charge in [0.15, 0.2) is 0 Å². The molecule has 1 fully saturated rings. The van der Waals surface area contributed by atoms with Crippen LogP contribution in [-0.2, 0) is 12.8 Å². The van der Waals surface area contributed by atoms with Gasteiger partial charge in [-0.3, -0.25) is 0 Å². The molecule has 1 N–H and O–H groups in total. The van der Waals surface area contributed by atoms with Gasteiger partial charge in [0.1, 0.15) is 5.75 Å². The second-order valence-corrected chi connectivity index (χ2v) is 5.09. The van der Waals surface area contributed by atoms with Crippen LogP contribution in [0.25, 0.3) is 0 Å². The number of rotatable bonds is 1. The van der Waals surface area contributed by atoms with E-state index in [0.29, 0.717) is 5.75 Å². The van der Waals surface area contributed by atoms with Crippen LogP contribution in [0.5, 0.6) is 5.75 Å². The molecule has 2 heteroatoms. The van der Waals surface area contributed by atoms with E-state index < -0.39 is 0 Å². The molecule has 1 atom stereocenters. The predicted octanol–water partition coefficient (Wildman–Crippen LogP) is 2.35. The Balaban J connectivity index is 1.79. The first kappa shape index (κ1) is 10.2. The summed E-state index contributed by atoms with van der Waals surface area (Å²) in [7, 11) is 0. The molecule has 1 aliphatic heterocycles. The summed E-state index contributed by atoms with van der Waals surface area (Å²) in [6, 6.07) is 6.58. The molecule has 16 heavy (non-hydrogen) atoms. The number of hydrogen-bond acceptors (Lipinski definition) is 2. The van der Waals surface area contributed by atoms with Crippen molar-refractivity contribution in [2.45, 2.75) is 38.1 Å². The molecule has 3 rings (SSSR count). The van der Waals surface area contributed by atoms with Gasteiger partial charge in [0, 0.05) is 6.04 Å². The van der Waals surface area contributed by atoms with Gasteiger partial charge >= 0.3 is 0 Å². The standard InChI is InChI=1S/C14H19NO/c16-14-6-4-11-3-5-13(9-12(11)10-14)15-7-1-2-8-15/h4,6,10,13,16H,1-3,5,7-9H2. The first-order valence-corrected chi connectivity index (χ1v) is 6.38. The molecule has 1 aliphatic carbocycles. The average molecular weight is 217 g/mol. The number of aryl methyl sites for hydroxylation is 1. The van der Waals surface area contributed by atoms with Crippen molar-refractivity contribution >= 4 is 0 Å². The van der Waals surface area contributed by atoms with E-state index in [1.807, 2.05) is 12.1 Å². The summed E-state index contributed by atoms with van der Waals surface area (Å²) in [5.74, 6) is 0.417. The van der Waals surface area contributed by atoms with Crippen molar-refractivity contribution in [1.82, 2.24) is 4.90 Å². The minimum atomic E-state index is 0.417. The van der Waals surface area contributed by atoms with Crippen molar-refractivity contribution in [3.05, 3.63) is 29.3 Å².